The van der Waals surface area contributed by atoms with E-state index in [1.165, 1.54) is 5.56 Å². The fraction of sp³-hybridized carbons (Fsp3) is 0.550. The fourth-order valence-corrected chi connectivity index (χ4v) is 3.42. The highest BCUT2D eigenvalue weighted by molar-refractivity contribution is 5.79. The first-order valence-corrected chi connectivity index (χ1v) is 9.84. The molecule has 152 valence electrons. The number of ether oxygens (including phenoxy) is 1. The van der Waals surface area contributed by atoms with Gasteiger partial charge in [0, 0.05) is 31.7 Å². The molecule has 1 unspecified atom stereocenters. The molecule has 1 atom stereocenters. The molecule has 1 saturated heterocycles. The summed E-state index contributed by atoms with van der Waals surface area (Å²) >= 11 is 0. The van der Waals surface area contributed by atoms with Crippen LogP contribution in [0.5, 0.6) is 0 Å². The monoisotopic (exact) mass is 386 g/mol. The maximum absolute atomic E-state index is 9.39. The van der Waals surface area contributed by atoms with Crippen LogP contribution in [0.4, 0.5) is 0 Å². The maximum atomic E-state index is 9.39. The minimum Gasteiger partial charge on any atom is -0.396 e. The molecule has 8 nitrogen and oxygen atoms in total. The van der Waals surface area contributed by atoms with Crippen LogP contribution < -0.4 is 10.6 Å². The third-order valence-electron chi connectivity index (χ3n) is 5.02. The van der Waals surface area contributed by atoms with Gasteiger partial charge in [-0.3, -0.25) is 0 Å². The molecular weight excluding hydrogens is 356 g/mol. The lowest BCUT2D eigenvalue weighted by atomic mass is 9.84. The fourth-order valence-electron chi connectivity index (χ4n) is 3.42. The van der Waals surface area contributed by atoms with Crippen LogP contribution in [0, 0.1) is 5.41 Å². The van der Waals surface area contributed by atoms with Gasteiger partial charge < -0.3 is 20.5 Å². The molecule has 0 aliphatic carbocycles. The van der Waals surface area contributed by atoms with Crippen molar-refractivity contribution < 1.29 is 9.84 Å². The Morgan fingerprint density at radius 2 is 2.25 bits per heavy atom. The van der Waals surface area contributed by atoms with E-state index in [1.54, 1.807) is 17.3 Å². The Morgan fingerprint density at radius 1 is 1.36 bits per heavy atom. The van der Waals surface area contributed by atoms with Gasteiger partial charge in [-0.2, -0.15) is 5.10 Å². The third kappa shape index (κ3) is 5.77. The van der Waals surface area contributed by atoms with Crippen molar-refractivity contribution in [3.05, 3.63) is 48.0 Å². The molecule has 1 aromatic carbocycles. The van der Waals surface area contributed by atoms with Crippen LogP contribution in [0.2, 0.25) is 0 Å². The lowest BCUT2D eigenvalue weighted by Gasteiger charge is -2.27. The molecule has 0 spiro atoms. The van der Waals surface area contributed by atoms with Crippen LogP contribution in [0.1, 0.15) is 30.9 Å². The molecule has 0 bridgehead atoms. The van der Waals surface area contributed by atoms with Gasteiger partial charge in [-0.1, -0.05) is 24.3 Å². The average Bonchev–Trinajstić information content (AvgIpc) is 3.37. The molecule has 1 aromatic heterocycles. The van der Waals surface area contributed by atoms with Crippen molar-refractivity contribution in [3.8, 4) is 0 Å². The summed E-state index contributed by atoms with van der Waals surface area (Å²) in [6, 6.07) is 8.35. The number of hydrogen-bond donors (Lipinski definition) is 3. The van der Waals surface area contributed by atoms with E-state index in [1.807, 2.05) is 6.07 Å². The molecule has 2 heterocycles. The van der Waals surface area contributed by atoms with Crippen LogP contribution in [0.15, 0.2) is 41.9 Å². The number of benzene rings is 1. The van der Waals surface area contributed by atoms with Crippen LogP contribution in [0.3, 0.4) is 0 Å². The molecule has 3 N–H and O–H groups in total. The Labute approximate surface area is 166 Å². The SMILES string of the molecule is CCNC(=NCc1cccc(Cn2cncn2)c1)NCC1(CCO)CCOC1. The zero-order valence-corrected chi connectivity index (χ0v) is 16.5. The van der Waals surface area contributed by atoms with Crippen molar-refractivity contribution in [3.63, 3.8) is 0 Å². The molecule has 3 rings (SSSR count). The average molecular weight is 387 g/mol. The highest BCUT2D eigenvalue weighted by Gasteiger charge is 2.34. The number of nitrogens with one attached hydrogen (secondary N) is 2. The van der Waals surface area contributed by atoms with Gasteiger partial charge in [0.1, 0.15) is 12.7 Å². The Kier molecular flexibility index (Phi) is 7.39. The van der Waals surface area contributed by atoms with Crippen molar-refractivity contribution in [1.82, 2.24) is 25.4 Å². The van der Waals surface area contributed by atoms with Gasteiger partial charge in [0.25, 0.3) is 0 Å². The summed E-state index contributed by atoms with van der Waals surface area (Å²) in [7, 11) is 0. The molecule has 28 heavy (non-hydrogen) atoms. The maximum Gasteiger partial charge on any atom is 0.191 e. The summed E-state index contributed by atoms with van der Waals surface area (Å²) in [4.78, 5) is 8.71. The number of aromatic nitrogens is 3. The van der Waals surface area contributed by atoms with E-state index < -0.39 is 0 Å². The molecule has 0 saturated carbocycles. The second kappa shape index (κ2) is 10.2. The van der Waals surface area contributed by atoms with Crippen molar-refractivity contribution in [2.75, 3.05) is 32.9 Å². The molecule has 1 aliphatic rings. The smallest absolute Gasteiger partial charge is 0.191 e. The molecule has 1 aliphatic heterocycles. The molecule has 8 heteroatoms. The highest BCUT2D eigenvalue weighted by atomic mass is 16.5. The highest BCUT2D eigenvalue weighted by Crippen LogP contribution is 2.31. The Hall–Kier alpha value is -2.45. The van der Waals surface area contributed by atoms with Gasteiger partial charge in [0.15, 0.2) is 5.96 Å². The number of aliphatic imine (C=N–C) groups is 1. The van der Waals surface area contributed by atoms with E-state index in [2.05, 4.69) is 45.8 Å². The Bertz CT molecular complexity index is 741. The standard InChI is InChI=1S/C20H30N6O2/c1-2-22-19(24-13-20(6-8-27)7-9-28-14-20)23-11-17-4-3-5-18(10-17)12-26-16-21-15-25-26/h3-5,10,15-16,27H,2,6-9,11-14H2,1H3,(H2,22,23,24). The number of rotatable bonds is 9. The van der Waals surface area contributed by atoms with Gasteiger partial charge in [-0.25, -0.2) is 14.7 Å². The molecular formula is C20H30N6O2. The van der Waals surface area contributed by atoms with Gasteiger partial charge in [-0.15, -0.1) is 0 Å². The molecule has 1 fully saturated rings. The van der Waals surface area contributed by atoms with E-state index in [4.69, 9.17) is 9.73 Å². The summed E-state index contributed by atoms with van der Waals surface area (Å²) in [5.41, 5.74) is 2.30. The zero-order chi connectivity index (χ0) is 19.7. The first kappa shape index (κ1) is 20.3. The van der Waals surface area contributed by atoms with Gasteiger partial charge in [0.2, 0.25) is 0 Å². The minimum absolute atomic E-state index is 0.0113. The lowest BCUT2D eigenvalue weighted by molar-refractivity contribution is 0.127. The normalized spacial score (nSPS) is 19.7. The number of aliphatic hydroxyl groups is 1. The van der Waals surface area contributed by atoms with E-state index in [0.717, 1.165) is 44.1 Å². The summed E-state index contributed by atoms with van der Waals surface area (Å²) < 4.78 is 7.37. The van der Waals surface area contributed by atoms with E-state index in [9.17, 15) is 5.11 Å². The number of nitrogens with zero attached hydrogens (tertiary/aromatic N) is 4. The largest absolute Gasteiger partial charge is 0.396 e. The number of guanidine groups is 1. The van der Waals surface area contributed by atoms with Crippen molar-refractivity contribution in [1.29, 1.82) is 0 Å². The van der Waals surface area contributed by atoms with E-state index >= 15 is 0 Å². The second-order valence-corrected chi connectivity index (χ2v) is 7.24. The van der Waals surface area contributed by atoms with E-state index in [-0.39, 0.29) is 12.0 Å². The van der Waals surface area contributed by atoms with Crippen molar-refractivity contribution in [2.24, 2.45) is 10.4 Å². The van der Waals surface area contributed by atoms with Crippen LogP contribution in [-0.2, 0) is 17.8 Å². The van der Waals surface area contributed by atoms with Crippen LogP contribution >= 0.6 is 0 Å². The van der Waals surface area contributed by atoms with Gasteiger partial charge in [-0.05, 0) is 30.9 Å². The number of aliphatic hydroxyl groups excluding tert-OH is 1. The first-order chi connectivity index (χ1) is 13.7. The van der Waals surface area contributed by atoms with Crippen LogP contribution in [0.25, 0.3) is 0 Å². The topological polar surface area (TPSA) is 96.6 Å². The zero-order valence-electron chi connectivity index (χ0n) is 16.5. The lowest BCUT2D eigenvalue weighted by Crippen LogP contribution is -2.44. The molecule has 2 aromatic rings. The predicted molar refractivity (Wildman–Crippen MR) is 108 cm³/mol. The van der Waals surface area contributed by atoms with Crippen molar-refractivity contribution >= 4 is 5.96 Å². The molecule has 0 radical (unpaired) electrons. The van der Waals surface area contributed by atoms with Crippen molar-refractivity contribution in [2.45, 2.75) is 32.9 Å². The predicted octanol–water partition coefficient (Wildman–Crippen LogP) is 1.17. The van der Waals surface area contributed by atoms with E-state index in [0.29, 0.717) is 19.7 Å². The summed E-state index contributed by atoms with van der Waals surface area (Å²) in [5.74, 6) is 0.786. The number of hydrogen-bond acceptors (Lipinski definition) is 5. The minimum atomic E-state index is -0.0113. The van der Waals surface area contributed by atoms with Gasteiger partial charge >= 0.3 is 0 Å². The quantitative estimate of drug-likeness (QED) is 0.442. The van der Waals surface area contributed by atoms with Gasteiger partial charge in [0.05, 0.1) is 19.7 Å². The Morgan fingerprint density at radius 3 is 2.96 bits per heavy atom. The summed E-state index contributed by atoms with van der Waals surface area (Å²) in [6.07, 6.45) is 4.96. The van der Waals surface area contributed by atoms with Crippen LogP contribution in [-0.4, -0.2) is 58.7 Å². The summed E-state index contributed by atoms with van der Waals surface area (Å²) in [5, 5.41) is 20.3. The Balaban J connectivity index is 1.60. The molecule has 0 amide bonds. The summed E-state index contributed by atoms with van der Waals surface area (Å²) in [6.45, 7) is 6.49. The second-order valence-electron chi connectivity index (χ2n) is 7.24. The third-order valence-corrected chi connectivity index (χ3v) is 5.02. The first-order valence-electron chi connectivity index (χ1n) is 9.84.